The Morgan fingerprint density at radius 1 is 0.900 bits per heavy atom. The van der Waals surface area contributed by atoms with Crippen molar-refractivity contribution in [3.8, 4) is 0 Å². The minimum atomic E-state index is -2.19. The van der Waals surface area contributed by atoms with Gasteiger partial charge in [0.2, 0.25) is 11.6 Å². The summed E-state index contributed by atoms with van der Waals surface area (Å²) in [6.45, 7) is 3.94. The van der Waals surface area contributed by atoms with E-state index in [4.69, 9.17) is 19.8 Å². The Hall–Kier alpha value is -2.72. The first-order valence-electron chi connectivity index (χ1n) is 4.89. The first kappa shape index (κ1) is 22.5. The van der Waals surface area contributed by atoms with E-state index in [2.05, 4.69) is 19.9 Å². The molecule has 0 saturated heterocycles. The van der Waals surface area contributed by atoms with Crippen molar-refractivity contribution in [2.45, 2.75) is 13.8 Å². The second-order valence-electron chi connectivity index (χ2n) is 3.07. The number of carbonyl (C=O) groups excluding carboxylic acids is 2. The molecule has 0 saturated carbocycles. The molecule has 0 aliphatic carbocycles. The predicted octanol–water partition coefficient (Wildman–Crippen LogP) is -4.89. The molecule has 0 bridgehead atoms. The standard InChI is InChI=1S/2C4H6N2.C2H2O4.2H2O/c2*1-4-5-2-3-6-4;3-1(4)2(5)6;;/h2*2-3H,1H3,(H,5,6);(H,3,4)(H,5,6);2*1H2. The number of aliphatic carboxylic acids is 2. The van der Waals surface area contributed by atoms with Gasteiger partial charge in [0.05, 0.1) is 11.9 Å². The van der Waals surface area contributed by atoms with Crippen LogP contribution in [0, 0.1) is 13.8 Å². The molecular weight excluding hydrogens is 272 g/mol. The summed E-state index contributed by atoms with van der Waals surface area (Å²) in [4.78, 5) is 29.6. The van der Waals surface area contributed by atoms with Crippen LogP contribution in [-0.2, 0) is 9.59 Å². The lowest BCUT2D eigenvalue weighted by atomic mass is 10.7. The zero-order valence-electron chi connectivity index (χ0n) is 10.9. The molecule has 2 rings (SSSR count). The number of nitrogens with one attached hydrogen (secondary N) is 4. The van der Waals surface area contributed by atoms with E-state index < -0.39 is 11.9 Å². The second kappa shape index (κ2) is 12.7. The molecule has 0 aliphatic rings. The summed E-state index contributed by atoms with van der Waals surface area (Å²) >= 11 is 0. The third-order valence-corrected chi connectivity index (χ3v) is 1.53. The van der Waals surface area contributed by atoms with Crippen LogP contribution in [0.15, 0.2) is 24.8 Å². The monoisotopic (exact) mass is 290 g/mol. The lowest BCUT2D eigenvalue weighted by Gasteiger charge is -1.97. The van der Waals surface area contributed by atoms with Crippen molar-refractivity contribution >= 4 is 11.9 Å². The second-order valence-corrected chi connectivity index (χ2v) is 3.07. The van der Waals surface area contributed by atoms with Crippen LogP contribution in [0.25, 0.3) is 0 Å². The van der Waals surface area contributed by atoms with Gasteiger partial charge in [0.25, 0.3) is 0 Å². The molecule has 0 aliphatic heterocycles. The van der Waals surface area contributed by atoms with Gasteiger partial charge in [0, 0.05) is 13.8 Å². The fourth-order valence-corrected chi connectivity index (χ4v) is 0.750. The van der Waals surface area contributed by atoms with Crippen molar-refractivity contribution in [3.63, 3.8) is 0 Å². The molecule has 10 heteroatoms. The summed E-state index contributed by atoms with van der Waals surface area (Å²) in [7, 11) is 0. The Labute approximate surface area is 114 Å². The Morgan fingerprint density at radius 2 is 1.20 bits per heavy atom. The Balaban J connectivity index is -0.000000206. The van der Waals surface area contributed by atoms with Crippen LogP contribution in [0.4, 0.5) is 0 Å². The van der Waals surface area contributed by atoms with Crippen molar-refractivity contribution < 1.29 is 40.7 Å². The smallest absolute Gasteiger partial charge is 0.248 e. The van der Waals surface area contributed by atoms with Crippen LogP contribution >= 0.6 is 0 Å². The predicted molar refractivity (Wildman–Crippen MR) is 61.4 cm³/mol. The zero-order valence-corrected chi connectivity index (χ0v) is 10.9. The number of aryl methyl sites for hydroxylation is 2. The number of carboxylic acid groups (broad SMARTS) is 2. The van der Waals surface area contributed by atoms with Gasteiger partial charge in [-0.25, -0.2) is 19.9 Å². The number of rotatable bonds is 0. The van der Waals surface area contributed by atoms with E-state index in [0.717, 1.165) is 11.6 Å². The van der Waals surface area contributed by atoms with Gasteiger partial charge in [-0.05, 0) is 0 Å². The van der Waals surface area contributed by atoms with Crippen LogP contribution in [0.5, 0.6) is 0 Å². The van der Waals surface area contributed by atoms with Crippen molar-refractivity contribution in [2.75, 3.05) is 0 Å². The van der Waals surface area contributed by atoms with E-state index in [9.17, 15) is 0 Å². The van der Waals surface area contributed by atoms with Gasteiger partial charge in [-0.2, -0.15) is 0 Å². The normalized spacial score (nSPS) is 7.50. The molecule has 8 N–H and O–H groups in total. The van der Waals surface area contributed by atoms with Crippen molar-refractivity contribution in [3.05, 3.63) is 36.4 Å². The van der Waals surface area contributed by atoms with Gasteiger partial charge in [0.1, 0.15) is 24.8 Å². The maximum Gasteiger partial charge on any atom is 0.248 e. The summed E-state index contributed by atoms with van der Waals surface area (Å²) in [6.07, 6.45) is 7.43. The molecule has 0 fully saturated rings. The number of imidazole rings is 2. The molecule has 0 unspecified atom stereocenters. The number of hydrogen-bond donors (Lipinski definition) is 2. The lowest BCUT2D eigenvalue weighted by Crippen LogP contribution is -2.42. The minimum Gasteiger partial charge on any atom is -0.543 e. The fourth-order valence-electron chi connectivity index (χ4n) is 0.750. The highest BCUT2D eigenvalue weighted by Gasteiger charge is 1.83. The maximum absolute atomic E-state index is 8.93. The van der Waals surface area contributed by atoms with Crippen molar-refractivity contribution in [1.29, 1.82) is 0 Å². The Kier molecular flexibility index (Phi) is 14.3. The first-order valence-corrected chi connectivity index (χ1v) is 4.89. The summed E-state index contributed by atoms with van der Waals surface area (Å²) in [6, 6.07) is 0. The van der Waals surface area contributed by atoms with E-state index in [1.807, 2.05) is 38.6 Å². The van der Waals surface area contributed by atoms with E-state index in [1.54, 1.807) is 0 Å². The zero-order chi connectivity index (χ0) is 14.0. The molecule has 20 heavy (non-hydrogen) atoms. The molecule has 0 radical (unpaired) electrons. The number of aromatic nitrogens is 4. The van der Waals surface area contributed by atoms with Gasteiger partial charge in [-0.15, -0.1) is 0 Å². The highest BCUT2D eigenvalue weighted by Crippen LogP contribution is 1.70. The molecule has 2 aromatic heterocycles. The topological polar surface area (TPSA) is 203 Å². The van der Waals surface area contributed by atoms with E-state index in [-0.39, 0.29) is 11.0 Å². The highest BCUT2D eigenvalue weighted by molar-refractivity contribution is 6.25. The molecule has 0 atom stereocenters. The summed E-state index contributed by atoms with van der Waals surface area (Å²) in [5.74, 6) is -2.19. The van der Waals surface area contributed by atoms with Gasteiger partial charge < -0.3 is 30.8 Å². The van der Waals surface area contributed by atoms with E-state index in [0.29, 0.717) is 0 Å². The van der Waals surface area contributed by atoms with Gasteiger partial charge >= 0.3 is 0 Å². The van der Waals surface area contributed by atoms with Crippen LogP contribution < -0.4 is 20.2 Å². The van der Waals surface area contributed by atoms with Crippen LogP contribution in [-0.4, -0.2) is 32.9 Å². The quantitative estimate of drug-likeness (QED) is 0.457. The lowest BCUT2D eigenvalue weighted by molar-refractivity contribution is -0.385. The van der Waals surface area contributed by atoms with Crippen molar-refractivity contribution in [1.82, 2.24) is 9.97 Å². The average molecular weight is 290 g/mol. The minimum absolute atomic E-state index is 0. The average Bonchev–Trinajstić information content (AvgIpc) is 2.93. The van der Waals surface area contributed by atoms with E-state index >= 15 is 0 Å². The van der Waals surface area contributed by atoms with Gasteiger partial charge in [-0.1, -0.05) is 0 Å². The van der Waals surface area contributed by atoms with Crippen LogP contribution in [0.2, 0.25) is 0 Å². The molecule has 0 amide bonds. The molecule has 2 heterocycles. The first-order chi connectivity index (χ1) is 8.43. The van der Waals surface area contributed by atoms with Crippen LogP contribution in [0.1, 0.15) is 11.6 Å². The molecule has 0 aromatic carbocycles. The number of aromatic amines is 4. The van der Waals surface area contributed by atoms with Gasteiger partial charge in [-0.3, -0.25) is 0 Å². The summed E-state index contributed by atoms with van der Waals surface area (Å²) in [5.41, 5.74) is 0. The maximum atomic E-state index is 8.93. The van der Waals surface area contributed by atoms with E-state index in [1.165, 1.54) is 0 Å². The number of carboxylic acids is 2. The number of hydrogen-bond acceptors (Lipinski definition) is 4. The molecular formula is C10H18N4O6. The SMILES string of the molecule is Cc1[nH]cc[nH+]1.Cc1[nH]cc[nH+]1.O.O.O=C([O-])C(=O)[O-]. The number of H-pyrrole nitrogens is 4. The van der Waals surface area contributed by atoms with Crippen LogP contribution in [0.3, 0.4) is 0 Å². The molecule has 10 nitrogen and oxygen atoms in total. The molecule has 2 aromatic rings. The third-order valence-electron chi connectivity index (χ3n) is 1.53. The largest absolute Gasteiger partial charge is 0.543 e. The molecule has 114 valence electrons. The molecule has 0 spiro atoms. The third kappa shape index (κ3) is 13.3. The summed E-state index contributed by atoms with van der Waals surface area (Å²) < 4.78 is 0. The summed E-state index contributed by atoms with van der Waals surface area (Å²) in [5, 5.41) is 17.9. The fraction of sp³-hybridized carbons (Fsp3) is 0.200. The highest BCUT2D eigenvalue weighted by atomic mass is 16.4. The Bertz CT molecular complexity index is 410. The van der Waals surface area contributed by atoms with Crippen molar-refractivity contribution in [2.24, 2.45) is 0 Å². The number of carbonyl (C=O) groups is 2. The Morgan fingerprint density at radius 3 is 1.25 bits per heavy atom. The van der Waals surface area contributed by atoms with Gasteiger partial charge in [0.15, 0.2) is 0 Å².